The minimum atomic E-state index is -1.02. The highest BCUT2D eigenvalue weighted by molar-refractivity contribution is 6.00. The van der Waals surface area contributed by atoms with Crippen LogP contribution in [0.4, 0.5) is 5.69 Å². The molecule has 0 aliphatic heterocycles. The van der Waals surface area contributed by atoms with Crippen LogP contribution in [-0.4, -0.2) is 17.0 Å². The van der Waals surface area contributed by atoms with E-state index in [0.717, 1.165) is 0 Å². The van der Waals surface area contributed by atoms with Crippen LogP contribution in [0, 0.1) is 0 Å². The molecule has 1 rings (SSSR count). The van der Waals surface area contributed by atoms with Crippen molar-refractivity contribution < 1.29 is 14.7 Å². The first-order valence-electron chi connectivity index (χ1n) is 5.07. The molecule has 0 saturated carbocycles. The van der Waals surface area contributed by atoms with Crippen LogP contribution in [-0.2, 0) is 4.79 Å². The van der Waals surface area contributed by atoms with Crippen LogP contribution in [0.15, 0.2) is 48.6 Å². The molecule has 4 nitrogen and oxygen atoms in total. The second-order valence-corrected chi connectivity index (χ2v) is 3.26. The predicted octanol–water partition coefficient (Wildman–Crippen LogP) is 2.46. The van der Waals surface area contributed by atoms with Gasteiger partial charge in [-0.15, -0.1) is 0 Å². The molecule has 0 aromatic heterocycles. The maximum atomic E-state index is 11.4. The number of hydrogen-bond acceptors (Lipinski definition) is 2. The Labute approximate surface area is 99.3 Å². The fourth-order valence-electron chi connectivity index (χ4n) is 1.17. The van der Waals surface area contributed by atoms with Gasteiger partial charge in [-0.05, 0) is 25.1 Å². The van der Waals surface area contributed by atoms with Crippen LogP contribution >= 0.6 is 0 Å². The molecule has 0 fully saturated rings. The summed E-state index contributed by atoms with van der Waals surface area (Å²) in [6, 6.07) is 6.08. The van der Waals surface area contributed by atoms with Crippen molar-refractivity contribution >= 4 is 17.6 Å². The Hall–Kier alpha value is -2.36. The first kappa shape index (κ1) is 12.7. The number of allylic oxidation sites excluding steroid dienone is 3. The largest absolute Gasteiger partial charge is 0.478 e. The van der Waals surface area contributed by atoms with Crippen LogP contribution in [0.5, 0.6) is 0 Å². The van der Waals surface area contributed by atoms with Gasteiger partial charge >= 0.3 is 5.97 Å². The average molecular weight is 231 g/mol. The lowest BCUT2D eigenvalue weighted by Gasteiger charge is -2.02. The van der Waals surface area contributed by atoms with E-state index in [1.165, 1.54) is 18.2 Å². The van der Waals surface area contributed by atoms with E-state index in [-0.39, 0.29) is 11.5 Å². The van der Waals surface area contributed by atoms with Crippen molar-refractivity contribution in [3.8, 4) is 0 Å². The van der Waals surface area contributed by atoms with E-state index < -0.39 is 5.97 Å². The normalized spacial score (nSPS) is 10.9. The summed E-state index contributed by atoms with van der Waals surface area (Å²) in [5.41, 5.74) is 0.597. The number of carbonyl (C=O) groups is 2. The van der Waals surface area contributed by atoms with Crippen molar-refractivity contribution in [2.45, 2.75) is 6.92 Å². The fraction of sp³-hybridized carbons (Fsp3) is 0.0769. The predicted molar refractivity (Wildman–Crippen MR) is 66.0 cm³/mol. The summed E-state index contributed by atoms with van der Waals surface area (Å²) >= 11 is 0. The molecule has 2 N–H and O–H groups in total. The van der Waals surface area contributed by atoms with Gasteiger partial charge in [0.15, 0.2) is 0 Å². The lowest BCUT2D eigenvalue weighted by Crippen LogP contribution is -2.08. The van der Waals surface area contributed by atoms with Gasteiger partial charge in [-0.3, -0.25) is 4.79 Å². The highest BCUT2D eigenvalue weighted by atomic mass is 16.4. The summed E-state index contributed by atoms with van der Waals surface area (Å²) in [6.07, 6.45) is 6.51. The van der Waals surface area contributed by atoms with Crippen molar-refractivity contribution in [1.82, 2.24) is 0 Å². The molecule has 1 amide bonds. The topological polar surface area (TPSA) is 66.4 Å². The second kappa shape index (κ2) is 6.27. The molecule has 1 aromatic rings. The summed E-state index contributed by atoms with van der Waals surface area (Å²) in [4.78, 5) is 22.1. The zero-order valence-electron chi connectivity index (χ0n) is 9.38. The zero-order valence-corrected chi connectivity index (χ0v) is 9.38. The molecular weight excluding hydrogens is 218 g/mol. The molecule has 0 unspecified atom stereocenters. The molecule has 17 heavy (non-hydrogen) atoms. The molecule has 0 saturated heterocycles. The number of benzene rings is 1. The van der Waals surface area contributed by atoms with Crippen LogP contribution < -0.4 is 5.32 Å². The number of aromatic carboxylic acids is 1. The molecule has 4 heteroatoms. The van der Waals surface area contributed by atoms with E-state index in [0.29, 0.717) is 5.69 Å². The van der Waals surface area contributed by atoms with Crippen molar-refractivity contribution in [1.29, 1.82) is 0 Å². The smallest absolute Gasteiger partial charge is 0.335 e. The van der Waals surface area contributed by atoms with E-state index in [4.69, 9.17) is 5.11 Å². The van der Waals surface area contributed by atoms with Gasteiger partial charge in [0.1, 0.15) is 0 Å². The Morgan fingerprint density at radius 1 is 1.29 bits per heavy atom. The van der Waals surface area contributed by atoms with Crippen LogP contribution in [0.25, 0.3) is 0 Å². The summed E-state index contributed by atoms with van der Waals surface area (Å²) in [7, 11) is 0. The lowest BCUT2D eigenvalue weighted by molar-refractivity contribution is -0.111. The number of amides is 1. The minimum absolute atomic E-state index is 0.139. The van der Waals surface area contributed by atoms with Crippen molar-refractivity contribution in [3.63, 3.8) is 0 Å². The molecule has 0 radical (unpaired) electrons. The van der Waals surface area contributed by atoms with E-state index in [9.17, 15) is 9.59 Å². The third-order valence-corrected chi connectivity index (χ3v) is 1.93. The maximum Gasteiger partial charge on any atom is 0.335 e. The van der Waals surface area contributed by atoms with Gasteiger partial charge in [0.2, 0.25) is 5.91 Å². The summed E-state index contributed by atoms with van der Waals surface area (Å²) in [5, 5.41) is 11.4. The van der Waals surface area contributed by atoms with Crippen molar-refractivity contribution in [2.75, 3.05) is 5.32 Å². The quantitative estimate of drug-likeness (QED) is 0.618. The molecule has 0 aliphatic carbocycles. The van der Waals surface area contributed by atoms with Gasteiger partial charge in [0.25, 0.3) is 0 Å². The third kappa shape index (κ3) is 4.34. The Morgan fingerprint density at radius 3 is 2.71 bits per heavy atom. The molecular formula is C13H13NO3. The fourth-order valence-corrected chi connectivity index (χ4v) is 1.17. The number of carbonyl (C=O) groups excluding carboxylic acids is 1. The van der Waals surface area contributed by atoms with Crippen LogP contribution in [0.3, 0.4) is 0 Å². The number of nitrogens with one attached hydrogen (secondary N) is 1. The zero-order chi connectivity index (χ0) is 12.7. The standard InChI is InChI=1S/C13H13NO3/c1-2-3-4-8-12(15)14-11-7-5-6-10(9-11)13(16)17/h2-9H,1H3,(H,14,15)(H,16,17)/b3-2+,8-4+. The third-order valence-electron chi connectivity index (χ3n) is 1.93. The average Bonchev–Trinajstić information content (AvgIpc) is 2.29. The molecule has 0 aliphatic rings. The number of carboxylic acids is 1. The number of carboxylic acid groups (broad SMARTS) is 1. The van der Waals surface area contributed by atoms with Gasteiger partial charge in [-0.2, -0.15) is 0 Å². The molecule has 1 aromatic carbocycles. The summed E-state index contributed by atoms with van der Waals surface area (Å²) in [6.45, 7) is 1.85. The Kier molecular flexibility index (Phi) is 4.69. The van der Waals surface area contributed by atoms with Gasteiger partial charge in [-0.25, -0.2) is 4.79 Å². The minimum Gasteiger partial charge on any atom is -0.478 e. The Balaban J connectivity index is 2.71. The summed E-state index contributed by atoms with van der Waals surface area (Å²) in [5.74, 6) is -1.32. The number of hydrogen-bond donors (Lipinski definition) is 2. The highest BCUT2D eigenvalue weighted by Crippen LogP contribution is 2.10. The van der Waals surface area contributed by atoms with E-state index >= 15 is 0 Å². The SMILES string of the molecule is C/C=C/C=C/C(=O)Nc1cccc(C(=O)O)c1. The molecule has 0 heterocycles. The van der Waals surface area contributed by atoms with E-state index in [1.54, 1.807) is 30.4 Å². The van der Waals surface area contributed by atoms with Gasteiger partial charge < -0.3 is 10.4 Å². The second-order valence-electron chi connectivity index (χ2n) is 3.26. The number of anilines is 1. The van der Waals surface area contributed by atoms with Gasteiger partial charge in [0, 0.05) is 11.8 Å². The van der Waals surface area contributed by atoms with Crippen molar-refractivity contribution in [2.24, 2.45) is 0 Å². The lowest BCUT2D eigenvalue weighted by atomic mass is 10.2. The molecule has 88 valence electrons. The monoisotopic (exact) mass is 231 g/mol. The maximum absolute atomic E-state index is 11.4. The van der Waals surface area contributed by atoms with Crippen LogP contribution in [0.1, 0.15) is 17.3 Å². The highest BCUT2D eigenvalue weighted by Gasteiger charge is 2.03. The van der Waals surface area contributed by atoms with Crippen LogP contribution in [0.2, 0.25) is 0 Å². The first-order valence-corrected chi connectivity index (χ1v) is 5.07. The molecule has 0 atom stereocenters. The van der Waals surface area contributed by atoms with Crippen molar-refractivity contribution in [3.05, 3.63) is 54.1 Å². The molecule has 0 spiro atoms. The Bertz CT molecular complexity index is 475. The number of rotatable bonds is 4. The van der Waals surface area contributed by atoms with E-state index in [1.807, 2.05) is 6.92 Å². The van der Waals surface area contributed by atoms with Gasteiger partial charge in [-0.1, -0.05) is 24.3 Å². The summed E-state index contributed by atoms with van der Waals surface area (Å²) < 4.78 is 0. The molecule has 0 bridgehead atoms. The Morgan fingerprint density at radius 2 is 2.06 bits per heavy atom. The van der Waals surface area contributed by atoms with E-state index in [2.05, 4.69) is 5.32 Å². The first-order chi connectivity index (χ1) is 8.13. The van der Waals surface area contributed by atoms with Gasteiger partial charge in [0.05, 0.1) is 5.56 Å².